The molecule has 1 aromatic heterocycles. The van der Waals surface area contributed by atoms with Crippen molar-refractivity contribution >= 4 is 29.4 Å². The van der Waals surface area contributed by atoms with Gasteiger partial charge in [0.1, 0.15) is 5.15 Å². The first-order chi connectivity index (χ1) is 9.08. The second-order valence-corrected chi connectivity index (χ2v) is 4.22. The van der Waals surface area contributed by atoms with E-state index >= 15 is 0 Å². The highest BCUT2D eigenvalue weighted by Gasteiger charge is 2.27. The Balaban J connectivity index is 1.82. The van der Waals surface area contributed by atoms with Crippen molar-refractivity contribution in [3.63, 3.8) is 0 Å². The van der Waals surface area contributed by atoms with E-state index in [9.17, 15) is 14.4 Å². The van der Waals surface area contributed by atoms with Crippen LogP contribution in [-0.4, -0.2) is 47.4 Å². The summed E-state index contributed by atoms with van der Waals surface area (Å²) in [6.07, 6.45) is 1.35. The van der Waals surface area contributed by atoms with E-state index in [2.05, 4.69) is 15.6 Å². The number of rotatable bonds is 4. The summed E-state index contributed by atoms with van der Waals surface area (Å²) in [5.41, 5.74) is 0.363. The van der Waals surface area contributed by atoms with Crippen LogP contribution in [0.3, 0.4) is 0 Å². The van der Waals surface area contributed by atoms with Gasteiger partial charge in [-0.1, -0.05) is 11.6 Å². The maximum absolute atomic E-state index is 11.7. The molecule has 0 atom stereocenters. The zero-order valence-corrected chi connectivity index (χ0v) is 10.6. The molecule has 7 nitrogen and oxygen atoms in total. The summed E-state index contributed by atoms with van der Waals surface area (Å²) in [7, 11) is 0. The van der Waals surface area contributed by atoms with E-state index in [-0.39, 0.29) is 31.4 Å². The van der Waals surface area contributed by atoms with Crippen LogP contribution in [0.25, 0.3) is 0 Å². The second-order valence-electron chi connectivity index (χ2n) is 3.83. The third-order valence-electron chi connectivity index (χ3n) is 2.55. The molecule has 1 aromatic rings. The van der Waals surface area contributed by atoms with Crippen LogP contribution >= 0.6 is 11.6 Å². The molecular weight excluding hydrogens is 272 g/mol. The lowest BCUT2D eigenvalue weighted by molar-refractivity contribution is -0.124. The maximum Gasteiger partial charge on any atom is 0.324 e. The minimum absolute atomic E-state index is 0.00782. The number of amides is 4. The van der Waals surface area contributed by atoms with Crippen molar-refractivity contribution in [1.82, 2.24) is 20.5 Å². The first-order valence-corrected chi connectivity index (χ1v) is 5.93. The zero-order chi connectivity index (χ0) is 13.8. The summed E-state index contributed by atoms with van der Waals surface area (Å²) in [4.78, 5) is 39.0. The molecule has 0 radical (unpaired) electrons. The lowest BCUT2D eigenvalue weighted by Crippen LogP contribution is -2.38. The number of hydrogen-bond acceptors (Lipinski definition) is 4. The number of imide groups is 1. The van der Waals surface area contributed by atoms with Gasteiger partial charge in [0.2, 0.25) is 5.91 Å². The standard InChI is InChI=1S/C11H11ClN4O3/c12-8-2-1-7(5-14-8)10(18)13-3-4-16-9(17)6-15-11(16)19/h1-2,5H,3-4,6H2,(H,13,18)(H,15,19). The maximum atomic E-state index is 11.7. The van der Waals surface area contributed by atoms with Gasteiger partial charge in [0.05, 0.1) is 12.1 Å². The summed E-state index contributed by atoms with van der Waals surface area (Å²) in [6, 6.07) is 2.61. The predicted octanol–water partition coefficient (Wildman–Crippen LogP) is 0.0166. The third kappa shape index (κ3) is 3.19. The number of nitrogens with zero attached hydrogens (tertiary/aromatic N) is 2. The van der Waals surface area contributed by atoms with Gasteiger partial charge in [-0.2, -0.15) is 0 Å². The average Bonchev–Trinajstić information content (AvgIpc) is 2.71. The normalized spacial score (nSPS) is 14.5. The molecule has 2 rings (SSSR count). The van der Waals surface area contributed by atoms with Crippen molar-refractivity contribution in [3.8, 4) is 0 Å². The molecule has 4 amide bonds. The van der Waals surface area contributed by atoms with Gasteiger partial charge < -0.3 is 10.6 Å². The Labute approximate surface area is 113 Å². The van der Waals surface area contributed by atoms with Crippen LogP contribution in [-0.2, 0) is 4.79 Å². The summed E-state index contributed by atoms with van der Waals surface area (Å²) in [5.74, 6) is -0.636. The van der Waals surface area contributed by atoms with Crippen LogP contribution in [0, 0.1) is 0 Å². The van der Waals surface area contributed by atoms with E-state index in [4.69, 9.17) is 11.6 Å². The van der Waals surface area contributed by atoms with Crippen LogP contribution in [0.4, 0.5) is 4.79 Å². The lowest BCUT2D eigenvalue weighted by atomic mass is 10.3. The van der Waals surface area contributed by atoms with Crippen molar-refractivity contribution in [3.05, 3.63) is 29.0 Å². The number of halogens is 1. The fourth-order valence-corrected chi connectivity index (χ4v) is 1.69. The number of aromatic nitrogens is 1. The smallest absolute Gasteiger partial charge is 0.324 e. The van der Waals surface area contributed by atoms with E-state index in [1.807, 2.05) is 0 Å². The Morgan fingerprint density at radius 1 is 1.47 bits per heavy atom. The molecule has 8 heteroatoms. The highest BCUT2D eigenvalue weighted by molar-refractivity contribution is 6.29. The minimum Gasteiger partial charge on any atom is -0.350 e. The Bertz CT molecular complexity index is 501. The second kappa shape index (κ2) is 5.66. The fourth-order valence-electron chi connectivity index (χ4n) is 1.58. The van der Waals surface area contributed by atoms with Crippen molar-refractivity contribution in [2.45, 2.75) is 0 Å². The van der Waals surface area contributed by atoms with E-state index in [1.165, 1.54) is 12.3 Å². The number of pyridine rings is 1. The fraction of sp³-hybridized carbons (Fsp3) is 0.273. The molecule has 1 aliphatic heterocycles. The summed E-state index contributed by atoms with van der Waals surface area (Å²) < 4.78 is 0. The zero-order valence-electron chi connectivity index (χ0n) is 9.85. The first kappa shape index (κ1) is 13.3. The monoisotopic (exact) mass is 282 g/mol. The molecule has 1 aliphatic rings. The van der Waals surface area contributed by atoms with Crippen molar-refractivity contribution in [1.29, 1.82) is 0 Å². The van der Waals surface area contributed by atoms with Gasteiger partial charge in [0.25, 0.3) is 5.91 Å². The van der Waals surface area contributed by atoms with Crippen LogP contribution in [0.1, 0.15) is 10.4 Å². The van der Waals surface area contributed by atoms with Gasteiger partial charge in [0, 0.05) is 19.3 Å². The van der Waals surface area contributed by atoms with Gasteiger partial charge in [-0.3, -0.25) is 14.5 Å². The number of nitrogens with one attached hydrogen (secondary N) is 2. The molecule has 0 bridgehead atoms. The van der Waals surface area contributed by atoms with Crippen molar-refractivity contribution in [2.75, 3.05) is 19.6 Å². The molecular formula is C11H11ClN4O3. The van der Waals surface area contributed by atoms with Gasteiger partial charge in [-0.15, -0.1) is 0 Å². The van der Waals surface area contributed by atoms with Gasteiger partial charge in [-0.25, -0.2) is 9.78 Å². The predicted molar refractivity (Wildman–Crippen MR) is 66.7 cm³/mol. The minimum atomic E-state index is -0.438. The van der Waals surface area contributed by atoms with Crippen LogP contribution in [0.2, 0.25) is 5.15 Å². The SMILES string of the molecule is O=C(NCCN1C(=O)CNC1=O)c1ccc(Cl)nc1. The third-order valence-corrected chi connectivity index (χ3v) is 2.77. The number of urea groups is 1. The Morgan fingerprint density at radius 2 is 2.26 bits per heavy atom. The molecule has 100 valence electrons. The van der Waals surface area contributed by atoms with Gasteiger partial charge in [-0.05, 0) is 12.1 Å². The van der Waals surface area contributed by atoms with Crippen molar-refractivity contribution in [2.24, 2.45) is 0 Å². The van der Waals surface area contributed by atoms with Crippen LogP contribution in [0.15, 0.2) is 18.3 Å². The van der Waals surface area contributed by atoms with E-state index in [1.54, 1.807) is 6.07 Å². The molecule has 0 saturated carbocycles. The summed E-state index contributed by atoms with van der Waals surface area (Å²) in [6.45, 7) is 0.325. The number of hydrogen-bond donors (Lipinski definition) is 2. The van der Waals surface area contributed by atoms with Gasteiger partial charge >= 0.3 is 6.03 Å². The molecule has 19 heavy (non-hydrogen) atoms. The van der Waals surface area contributed by atoms with Gasteiger partial charge in [0.15, 0.2) is 0 Å². The Kier molecular flexibility index (Phi) is 3.96. The largest absolute Gasteiger partial charge is 0.350 e. The van der Waals surface area contributed by atoms with E-state index < -0.39 is 6.03 Å². The molecule has 0 unspecified atom stereocenters. The number of carbonyl (C=O) groups is 3. The molecule has 0 aliphatic carbocycles. The van der Waals surface area contributed by atoms with Crippen molar-refractivity contribution < 1.29 is 14.4 Å². The Morgan fingerprint density at radius 3 is 2.84 bits per heavy atom. The average molecular weight is 283 g/mol. The first-order valence-electron chi connectivity index (χ1n) is 5.56. The summed E-state index contributed by atoms with van der Waals surface area (Å²) >= 11 is 5.61. The summed E-state index contributed by atoms with van der Waals surface area (Å²) in [5, 5.41) is 5.29. The highest BCUT2D eigenvalue weighted by atomic mass is 35.5. The number of carbonyl (C=O) groups excluding carboxylic acids is 3. The molecule has 2 N–H and O–H groups in total. The lowest BCUT2D eigenvalue weighted by Gasteiger charge is -2.12. The molecule has 0 aromatic carbocycles. The van der Waals surface area contributed by atoms with Crippen LogP contribution in [0.5, 0.6) is 0 Å². The Hall–Kier alpha value is -2.15. The highest BCUT2D eigenvalue weighted by Crippen LogP contribution is 2.05. The molecule has 1 saturated heterocycles. The molecule has 2 heterocycles. The quantitative estimate of drug-likeness (QED) is 0.601. The molecule has 0 spiro atoms. The van der Waals surface area contributed by atoms with Crippen LogP contribution < -0.4 is 10.6 Å². The van der Waals surface area contributed by atoms with E-state index in [0.29, 0.717) is 10.7 Å². The topological polar surface area (TPSA) is 91.4 Å². The van der Waals surface area contributed by atoms with E-state index in [0.717, 1.165) is 4.90 Å². The molecule has 1 fully saturated rings.